The van der Waals surface area contributed by atoms with Crippen LogP contribution in [-0.2, 0) is 16.6 Å². The van der Waals surface area contributed by atoms with Gasteiger partial charge >= 0.3 is 0 Å². The van der Waals surface area contributed by atoms with Crippen LogP contribution < -0.4 is 15.4 Å². The zero-order valence-corrected chi connectivity index (χ0v) is 19.7. The Kier molecular flexibility index (Phi) is 9.17. The van der Waals surface area contributed by atoms with Gasteiger partial charge in [-0.05, 0) is 50.6 Å². The number of sulfonamides is 1. The Bertz CT molecular complexity index is 702. The van der Waals surface area contributed by atoms with Crippen molar-refractivity contribution in [3.05, 3.63) is 29.8 Å². The van der Waals surface area contributed by atoms with Crippen LogP contribution >= 0.6 is 35.7 Å². The fourth-order valence-corrected chi connectivity index (χ4v) is 3.57. The molecule has 1 saturated carbocycles. The molecule has 9 heteroatoms. The number of aliphatic imine (C=N–C) groups is 1. The average molecular weight is 512 g/mol. The van der Waals surface area contributed by atoms with Crippen molar-refractivity contribution in [3.8, 4) is 0 Å². The fraction of sp³-hybridized carbons (Fsp3) is 0.588. The second-order valence-electron chi connectivity index (χ2n) is 6.78. The number of guanidine groups is 1. The van der Waals surface area contributed by atoms with Gasteiger partial charge < -0.3 is 10.6 Å². The third-order valence-electron chi connectivity index (χ3n) is 4.05. The predicted octanol–water partition coefficient (Wildman–Crippen LogP) is 2.55. The summed E-state index contributed by atoms with van der Waals surface area (Å²) in [6, 6.07) is 7.07. The molecular weight excluding hydrogens is 483 g/mol. The first-order chi connectivity index (χ1) is 11.8. The van der Waals surface area contributed by atoms with E-state index < -0.39 is 10.0 Å². The number of nitrogens with one attached hydrogen (secondary N) is 3. The number of hydrogen-bond donors (Lipinski definition) is 3. The Morgan fingerprint density at radius 3 is 2.35 bits per heavy atom. The van der Waals surface area contributed by atoms with E-state index in [4.69, 9.17) is 0 Å². The molecule has 0 aliphatic heterocycles. The van der Waals surface area contributed by atoms with Gasteiger partial charge in [0.05, 0.1) is 4.90 Å². The van der Waals surface area contributed by atoms with Crippen molar-refractivity contribution in [2.45, 2.75) is 48.9 Å². The number of hydrogen-bond acceptors (Lipinski definition) is 4. The molecule has 0 heterocycles. The van der Waals surface area contributed by atoms with E-state index in [0.717, 1.165) is 30.9 Å². The monoisotopic (exact) mass is 512 g/mol. The van der Waals surface area contributed by atoms with Crippen molar-refractivity contribution in [3.63, 3.8) is 0 Å². The summed E-state index contributed by atoms with van der Waals surface area (Å²) in [4.78, 5) is 4.53. The van der Waals surface area contributed by atoms with Crippen molar-refractivity contribution in [2.75, 3.05) is 19.8 Å². The molecule has 1 aromatic carbocycles. The van der Waals surface area contributed by atoms with E-state index in [9.17, 15) is 8.42 Å². The van der Waals surface area contributed by atoms with Crippen LogP contribution in [0.5, 0.6) is 0 Å². The lowest BCUT2D eigenvalue weighted by Crippen LogP contribution is -2.42. The van der Waals surface area contributed by atoms with Gasteiger partial charge in [0.1, 0.15) is 0 Å². The molecule has 0 spiro atoms. The van der Waals surface area contributed by atoms with Crippen LogP contribution in [0.1, 0.15) is 32.3 Å². The highest BCUT2D eigenvalue weighted by Gasteiger charge is 2.27. The maximum absolute atomic E-state index is 12.2. The Hall–Kier alpha value is -0.520. The predicted molar refractivity (Wildman–Crippen MR) is 121 cm³/mol. The van der Waals surface area contributed by atoms with E-state index >= 15 is 0 Å². The van der Waals surface area contributed by atoms with E-state index in [1.165, 1.54) is 0 Å². The van der Waals surface area contributed by atoms with Gasteiger partial charge in [-0.3, -0.25) is 4.99 Å². The second kappa shape index (κ2) is 10.1. The molecule has 6 nitrogen and oxygen atoms in total. The molecular formula is C17H29IN4O2S2. The maximum atomic E-state index is 12.2. The molecule has 0 aromatic heterocycles. The van der Waals surface area contributed by atoms with Crippen LogP contribution in [0.3, 0.4) is 0 Å². The van der Waals surface area contributed by atoms with Crippen LogP contribution in [0.4, 0.5) is 0 Å². The van der Waals surface area contributed by atoms with Crippen molar-refractivity contribution in [2.24, 2.45) is 4.99 Å². The van der Waals surface area contributed by atoms with Crippen LogP contribution in [0.15, 0.2) is 34.2 Å². The topological polar surface area (TPSA) is 82.6 Å². The molecule has 0 saturated heterocycles. The lowest BCUT2D eigenvalue weighted by Gasteiger charge is -2.23. The van der Waals surface area contributed by atoms with E-state index in [0.29, 0.717) is 11.4 Å². The number of thioether (sulfide) groups is 1. The van der Waals surface area contributed by atoms with Gasteiger partial charge in [0.25, 0.3) is 0 Å². The minimum absolute atomic E-state index is 0. The summed E-state index contributed by atoms with van der Waals surface area (Å²) in [6.07, 6.45) is 3.95. The molecule has 1 aromatic rings. The number of halogens is 1. The fourth-order valence-electron chi connectivity index (χ4n) is 2.05. The first-order valence-corrected chi connectivity index (χ1v) is 11.1. The number of nitrogens with zero attached hydrogens (tertiary/aromatic N) is 1. The molecule has 1 aliphatic carbocycles. The molecule has 1 fully saturated rings. The highest BCUT2D eigenvalue weighted by molar-refractivity contribution is 14.0. The summed E-state index contributed by atoms with van der Waals surface area (Å²) in [5.74, 6) is 0.731. The zero-order valence-electron chi connectivity index (χ0n) is 15.7. The molecule has 1 aliphatic rings. The van der Waals surface area contributed by atoms with Crippen LogP contribution in [0.2, 0.25) is 0 Å². The SMILES string of the molecule is CN=C(NCc1ccc(S(=O)(=O)NC2CC2)cc1)NCC(C)(C)SC.I. The van der Waals surface area contributed by atoms with Gasteiger partial charge in [-0.2, -0.15) is 11.8 Å². The summed E-state index contributed by atoms with van der Waals surface area (Å²) < 4.78 is 27.1. The van der Waals surface area contributed by atoms with E-state index in [1.807, 2.05) is 12.1 Å². The average Bonchev–Trinajstić information content (AvgIpc) is 3.38. The molecule has 0 atom stereocenters. The van der Waals surface area contributed by atoms with E-state index in [-0.39, 0.29) is 34.8 Å². The smallest absolute Gasteiger partial charge is 0.240 e. The summed E-state index contributed by atoms with van der Waals surface area (Å²) in [6.45, 7) is 5.73. The standard InChI is InChI=1S/C17H28N4O2S2.HI/c1-17(2,24-4)12-20-16(18-3)19-11-13-5-9-15(10-6-13)25(22,23)21-14-7-8-14;/h5-6,9-10,14,21H,7-8,11-12H2,1-4H3,(H2,18,19,20);1H. The Labute approximate surface area is 178 Å². The van der Waals surface area contributed by atoms with Crippen LogP contribution in [0, 0.1) is 0 Å². The van der Waals surface area contributed by atoms with Crippen molar-refractivity contribution >= 4 is 51.7 Å². The van der Waals surface area contributed by atoms with Gasteiger partial charge in [0.15, 0.2) is 5.96 Å². The highest BCUT2D eigenvalue weighted by atomic mass is 127. The van der Waals surface area contributed by atoms with Crippen molar-refractivity contribution < 1.29 is 8.42 Å². The Morgan fingerprint density at radius 2 is 1.85 bits per heavy atom. The first kappa shape index (κ1) is 23.5. The van der Waals surface area contributed by atoms with Gasteiger partial charge in [0, 0.05) is 30.9 Å². The minimum Gasteiger partial charge on any atom is -0.355 e. The maximum Gasteiger partial charge on any atom is 0.240 e. The molecule has 0 radical (unpaired) electrons. The van der Waals surface area contributed by atoms with Gasteiger partial charge in [-0.15, -0.1) is 24.0 Å². The molecule has 2 rings (SSSR count). The normalized spacial score (nSPS) is 15.3. The first-order valence-electron chi connectivity index (χ1n) is 8.37. The van der Waals surface area contributed by atoms with Gasteiger partial charge in [0.2, 0.25) is 10.0 Å². The number of benzene rings is 1. The molecule has 3 N–H and O–H groups in total. The molecule has 0 amide bonds. The minimum atomic E-state index is -3.39. The van der Waals surface area contributed by atoms with Crippen LogP contribution in [0.25, 0.3) is 0 Å². The summed E-state index contributed by atoms with van der Waals surface area (Å²) in [7, 11) is -1.65. The highest BCUT2D eigenvalue weighted by Crippen LogP contribution is 2.22. The van der Waals surface area contributed by atoms with Gasteiger partial charge in [-0.25, -0.2) is 13.1 Å². The summed E-state index contributed by atoms with van der Waals surface area (Å²) in [5.41, 5.74) is 0.998. The molecule has 148 valence electrons. The lowest BCUT2D eigenvalue weighted by atomic mass is 10.2. The summed E-state index contributed by atoms with van der Waals surface area (Å²) >= 11 is 1.80. The van der Waals surface area contributed by atoms with Crippen molar-refractivity contribution in [1.29, 1.82) is 0 Å². The quantitative estimate of drug-likeness (QED) is 0.284. The third-order valence-corrected chi connectivity index (χ3v) is 6.84. The van der Waals surface area contributed by atoms with E-state index in [2.05, 4.69) is 40.5 Å². The molecule has 0 bridgehead atoms. The third kappa shape index (κ3) is 7.61. The molecule has 0 unspecified atom stereocenters. The Morgan fingerprint density at radius 1 is 1.23 bits per heavy atom. The van der Waals surface area contributed by atoms with Gasteiger partial charge in [-0.1, -0.05) is 12.1 Å². The van der Waals surface area contributed by atoms with E-state index in [1.54, 1.807) is 30.9 Å². The largest absolute Gasteiger partial charge is 0.355 e. The zero-order chi connectivity index (χ0) is 18.5. The Balaban J connectivity index is 0.00000338. The second-order valence-corrected chi connectivity index (χ2v) is 10.0. The van der Waals surface area contributed by atoms with Crippen LogP contribution in [-0.4, -0.2) is 45.0 Å². The lowest BCUT2D eigenvalue weighted by molar-refractivity contribution is 0.581. The number of rotatable bonds is 8. The van der Waals surface area contributed by atoms with Crippen molar-refractivity contribution in [1.82, 2.24) is 15.4 Å². The summed E-state index contributed by atoms with van der Waals surface area (Å²) in [5, 5.41) is 6.55. The molecule has 26 heavy (non-hydrogen) atoms.